The van der Waals surface area contributed by atoms with E-state index in [2.05, 4.69) is 135 Å². The van der Waals surface area contributed by atoms with Crippen molar-refractivity contribution in [1.29, 1.82) is 0 Å². The van der Waals surface area contributed by atoms with Crippen LogP contribution >= 0.6 is 0 Å². The molecule has 210 valence electrons. The predicted octanol–water partition coefficient (Wildman–Crippen LogP) is 9.62. The molecular weight excluding hydrogens is 500 g/mol. The van der Waals surface area contributed by atoms with E-state index in [-0.39, 0.29) is 16.2 Å². The third-order valence-corrected chi connectivity index (χ3v) is 7.71. The molecule has 2 heterocycles. The van der Waals surface area contributed by atoms with Gasteiger partial charge in [-0.2, -0.15) is 0 Å². The maximum Gasteiger partial charge on any atom is 0.160 e. The molecule has 0 saturated heterocycles. The lowest BCUT2D eigenvalue weighted by atomic mass is 9.86. The topological polar surface area (TPSA) is 51.6 Å². The summed E-state index contributed by atoms with van der Waals surface area (Å²) in [6.07, 6.45) is 0. The van der Waals surface area contributed by atoms with Crippen LogP contribution in [0.25, 0.3) is 44.9 Å². The van der Waals surface area contributed by atoms with Crippen molar-refractivity contribution in [3.63, 3.8) is 0 Å². The lowest BCUT2D eigenvalue weighted by Gasteiger charge is -2.20. The van der Waals surface area contributed by atoms with Crippen molar-refractivity contribution in [2.45, 2.75) is 85.5 Å². The standard InChI is InChI=1S/C37H42N4/c1-23-38-30(24-11-17-27(18-12-24)35(2,3)4)33-32(39-23)31(25-13-19-28(20-14-25)36(5,6)7)40-34(41-33)26-15-21-29(22-16-26)37(8,9)10/h11-22H,1-10H3. The monoisotopic (exact) mass is 542 g/mol. The van der Waals surface area contributed by atoms with E-state index in [1.165, 1.54) is 16.7 Å². The van der Waals surface area contributed by atoms with E-state index in [0.29, 0.717) is 11.6 Å². The molecule has 41 heavy (non-hydrogen) atoms. The molecule has 0 fully saturated rings. The Hall–Kier alpha value is -3.92. The summed E-state index contributed by atoms with van der Waals surface area (Å²) in [6.45, 7) is 22.0. The summed E-state index contributed by atoms with van der Waals surface area (Å²) in [5.41, 5.74) is 10.2. The molecule has 0 unspecified atom stereocenters. The van der Waals surface area contributed by atoms with Crippen LogP contribution in [0.3, 0.4) is 0 Å². The summed E-state index contributed by atoms with van der Waals surface area (Å²) in [5, 5.41) is 0. The Bertz CT molecular complexity index is 1690. The van der Waals surface area contributed by atoms with Crippen LogP contribution in [-0.4, -0.2) is 19.9 Å². The van der Waals surface area contributed by atoms with Crippen molar-refractivity contribution in [1.82, 2.24) is 19.9 Å². The van der Waals surface area contributed by atoms with Gasteiger partial charge in [-0.3, -0.25) is 0 Å². The molecule has 5 aromatic rings. The van der Waals surface area contributed by atoms with Crippen LogP contribution in [-0.2, 0) is 16.2 Å². The van der Waals surface area contributed by atoms with E-state index in [9.17, 15) is 0 Å². The average molecular weight is 543 g/mol. The van der Waals surface area contributed by atoms with E-state index >= 15 is 0 Å². The number of hydrogen-bond donors (Lipinski definition) is 0. The second-order valence-electron chi connectivity index (χ2n) is 14.2. The molecule has 0 aliphatic rings. The molecule has 4 heteroatoms. The predicted molar refractivity (Wildman–Crippen MR) is 172 cm³/mol. The highest BCUT2D eigenvalue weighted by Gasteiger charge is 2.21. The number of fused-ring (bicyclic) bond motifs is 1. The highest BCUT2D eigenvalue weighted by Crippen LogP contribution is 2.35. The first-order valence-electron chi connectivity index (χ1n) is 14.5. The first kappa shape index (κ1) is 28.6. The largest absolute Gasteiger partial charge is 0.231 e. The van der Waals surface area contributed by atoms with Gasteiger partial charge in [-0.1, -0.05) is 135 Å². The average Bonchev–Trinajstić information content (AvgIpc) is 2.91. The number of hydrogen-bond acceptors (Lipinski definition) is 4. The zero-order chi connectivity index (χ0) is 29.7. The molecule has 0 atom stereocenters. The first-order valence-corrected chi connectivity index (χ1v) is 14.5. The third kappa shape index (κ3) is 5.93. The van der Waals surface area contributed by atoms with Gasteiger partial charge in [0.25, 0.3) is 0 Å². The van der Waals surface area contributed by atoms with E-state index < -0.39 is 0 Å². The van der Waals surface area contributed by atoms with Crippen LogP contribution in [0.2, 0.25) is 0 Å². The lowest BCUT2D eigenvalue weighted by molar-refractivity contribution is 0.590. The van der Waals surface area contributed by atoms with Crippen LogP contribution in [0.1, 0.15) is 84.8 Å². The maximum atomic E-state index is 5.15. The van der Waals surface area contributed by atoms with Gasteiger partial charge in [0, 0.05) is 16.7 Å². The Morgan fingerprint density at radius 1 is 0.390 bits per heavy atom. The fourth-order valence-electron chi connectivity index (χ4n) is 5.03. The number of nitrogens with zero attached hydrogens (tertiary/aromatic N) is 4. The molecule has 0 N–H and O–H groups in total. The van der Waals surface area contributed by atoms with Crippen molar-refractivity contribution in [3.8, 4) is 33.9 Å². The van der Waals surface area contributed by atoms with E-state index in [4.69, 9.17) is 19.9 Å². The van der Waals surface area contributed by atoms with Gasteiger partial charge in [0.15, 0.2) is 5.82 Å². The molecule has 0 radical (unpaired) electrons. The third-order valence-electron chi connectivity index (χ3n) is 7.71. The summed E-state index contributed by atoms with van der Waals surface area (Å²) in [5.74, 6) is 1.37. The summed E-state index contributed by atoms with van der Waals surface area (Å²) >= 11 is 0. The zero-order valence-corrected chi connectivity index (χ0v) is 26.2. The Morgan fingerprint density at radius 2 is 0.732 bits per heavy atom. The van der Waals surface area contributed by atoms with Crippen LogP contribution in [0.15, 0.2) is 72.8 Å². The van der Waals surface area contributed by atoms with E-state index in [1.807, 2.05) is 6.92 Å². The maximum absolute atomic E-state index is 5.15. The van der Waals surface area contributed by atoms with Gasteiger partial charge < -0.3 is 0 Å². The Balaban J connectivity index is 1.76. The smallest absolute Gasteiger partial charge is 0.160 e. The molecule has 0 aliphatic carbocycles. The van der Waals surface area contributed by atoms with Crippen molar-refractivity contribution >= 4 is 11.0 Å². The van der Waals surface area contributed by atoms with Crippen LogP contribution in [0, 0.1) is 6.92 Å². The first-order chi connectivity index (χ1) is 19.1. The summed E-state index contributed by atoms with van der Waals surface area (Å²) in [7, 11) is 0. The Kier molecular flexibility index (Phi) is 7.09. The highest BCUT2D eigenvalue weighted by molar-refractivity contribution is 5.97. The number of aromatic nitrogens is 4. The fraction of sp³-hybridized carbons (Fsp3) is 0.351. The van der Waals surface area contributed by atoms with Gasteiger partial charge in [-0.15, -0.1) is 0 Å². The van der Waals surface area contributed by atoms with Crippen molar-refractivity contribution in [2.75, 3.05) is 0 Å². The van der Waals surface area contributed by atoms with Gasteiger partial charge in [0.2, 0.25) is 0 Å². The quantitative estimate of drug-likeness (QED) is 0.228. The molecular formula is C37H42N4. The minimum absolute atomic E-state index is 0.0668. The van der Waals surface area contributed by atoms with Gasteiger partial charge in [0.05, 0.1) is 0 Å². The summed E-state index contributed by atoms with van der Waals surface area (Å²) in [6, 6.07) is 26.0. The summed E-state index contributed by atoms with van der Waals surface area (Å²) in [4.78, 5) is 20.1. The zero-order valence-electron chi connectivity index (χ0n) is 26.2. The molecule has 0 bridgehead atoms. The summed E-state index contributed by atoms with van der Waals surface area (Å²) < 4.78 is 0. The normalized spacial score (nSPS) is 12.6. The van der Waals surface area contributed by atoms with Gasteiger partial charge >= 0.3 is 0 Å². The number of benzene rings is 3. The molecule has 0 saturated carbocycles. The molecule has 0 aliphatic heterocycles. The minimum atomic E-state index is 0.0668. The lowest BCUT2D eigenvalue weighted by Crippen LogP contribution is -2.11. The van der Waals surface area contributed by atoms with Gasteiger partial charge in [0.1, 0.15) is 28.2 Å². The van der Waals surface area contributed by atoms with Crippen LogP contribution in [0.5, 0.6) is 0 Å². The number of rotatable bonds is 3. The van der Waals surface area contributed by atoms with Crippen LogP contribution in [0.4, 0.5) is 0 Å². The Morgan fingerprint density at radius 3 is 1.12 bits per heavy atom. The van der Waals surface area contributed by atoms with E-state index in [1.54, 1.807) is 0 Å². The molecule has 0 amide bonds. The Labute approximate surface area is 245 Å². The van der Waals surface area contributed by atoms with Crippen LogP contribution < -0.4 is 0 Å². The van der Waals surface area contributed by atoms with Crippen molar-refractivity contribution in [3.05, 3.63) is 95.3 Å². The van der Waals surface area contributed by atoms with Crippen molar-refractivity contribution < 1.29 is 0 Å². The molecule has 0 spiro atoms. The molecule has 2 aromatic heterocycles. The number of aryl methyl sites for hydroxylation is 1. The molecule has 3 aromatic carbocycles. The minimum Gasteiger partial charge on any atom is -0.231 e. The molecule has 4 nitrogen and oxygen atoms in total. The van der Waals surface area contributed by atoms with E-state index in [0.717, 1.165) is 39.1 Å². The molecule has 5 rings (SSSR count). The SMILES string of the molecule is Cc1nc(-c2ccc(C(C)(C)C)cc2)c2nc(-c3ccc(C(C)(C)C)cc3)nc(-c3ccc(C(C)(C)C)cc3)c2n1. The second kappa shape index (κ2) is 10.2. The van der Waals surface area contributed by atoms with Gasteiger partial charge in [-0.25, -0.2) is 19.9 Å². The van der Waals surface area contributed by atoms with Gasteiger partial charge in [-0.05, 0) is 39.9 Å². The highest BCUT2D eigenvalue weighted by atomic mass is 15.0. The fourth-order valence-corrected chi connectivity index (χ4v) is 5.03. The van der Waals surface area contributed by atoms with Crippen molar-refractivity contribution in [2.24, 2.45) is 0 Å². The second-order valence-corrected chi connectivity index (χ2v) is 14.2.